The Morgan fingerprint density at radius 1 is 1.17 bits per heavy atom. The van der Waals surface area contributed by atoms with E-state index < -0.39 is 10.0 Å². The van der Waals surface area contributed by atoms with Crippen molar-refractivity contribution in [3.05, 3.63) is 59.8 Å². The van der Waals surface area contributed by atoms with Gasteiger partial charge >= 0.3 is 0 Å². The second kappa shape index (κ2) is 6.83. The van der Waals surface area contributed by atoms with Gasteiger partial charge in [-0.15, -0.1) is 6.58 Å². The van der Waals surface area contributed by atoms with E-state index in [2.05, 4.69) is 21.6 Å². The van der Waals surface area contributed by atoms with Crippen molar-refractivity contribution < 1.29 is 8.42 Å². The number of hydrogen-bond acceptors (Lipinski definition) is 4. The molecule has 1 heterocycles. The van der Waals surface area contributed by atoms with Crippen LogP contribution in [-0.2, 0) is 10.0 Å². The third-order valence-electron chi connectivity index (χ3n) is 3.33. The van der Waals surface area contributed by atoms with Gasteiger partial charge in [-0.2, -0.15) is 0 Å². The number of benzene rings is 1. The molecule has 23 heavy (non-hydrogen) atoms. The third kappa shape index (κ3) is 4.10. The molecule has 1 aromatic carbocycles. The van der Waals surface area contributed by atoms with Crippen LogP contribution in [0.3, 0.4) is 0 Å². The molecule has 2 rings (SSSR count). The monoisotopic (exact) mass is 331 g/mol. The zero-order chi connectivity index (χ0) is 17.0. The number of nitrogens with one attached hydrogen (secondary N) is 2. The van der Waals surface area contributed by atoms with Crippen molar-refractivity contribution in [1.82, 2.24) is 4.98 Å². The molecule has 6 heteroatoms. The van der Waals surface area contributed by atoms with Crippen molar-refractivity contribution in [2.24, 2.45) is 0 Å². The van der Waals surface area contributed by atoms with E-state index in [4.69, 9.17) is 0 Å². The molecule has 0 bridgehead atoms. The maximum Gasteiger partial charge on any atom is 0.263 e. The highest BCUT2D eigenvalue weighted by molar-refractivity contribution is 7.92. The molecule has 122 valence electrons. The summed E-state index contributed by atoms with van der Waals surface area (Å²) < 4.78 is 27.8. The number of hydrogen-bond donors (Lipinski definition) is 2. The summed E-state index contributed by atoms with van der Waals surface area (Å²) in [6, 6.07) is 7.11. The lowest BCUT2D eigenvalue weighted by atomic mass is 10.1. The first-order valence-corrected chi connectivity index (χ1v) is 8.73. The number of sulfonamides is 1. The van der Waals surface area contributed by atoms with Crippen LogP contribution in [0.15, 0.2) is 48.0 Å². The first kappa shape index (κ1) is 17.0. The minimum absolute atomic E-state index is 0.286. The van der Waals surface area contributed by atoms with E-state index in [-0.39, 0.29) is 5.82 Å². The zero-order valence-corrected chi connectivity index (χ0v) is 14.4. The smallest absolute Gasteiger partial charge is 0.263 e. The number of aromatic nitrogens is 1. The molecule has 0 atom stereocenters. The van der Waals surface area contributed by atoms with Crippen LogP contribution in [0, 0.1) is 20.8 Å². The molecule has 0 radical (unpaired) electrons. The first-order chi connectivity index (χ1) is 10.8. The Morgan fingerprint density at radius 2 is 1.83 bits per heavy atom. The molecule has 2 N–H and O–H groups in total. The van der Waals surface area contributed by atoms with Crippen LogP contribution in [0.25, 0.3) is 0 Å². The lowest BCUT2D eigenvalue weighted by Crippen LogP contribution is -2.16. The molecule has 0 aliphatic carbocycles. The maximum absolute atomic E-state index is 12.6. The predicted molar refractivity (Wildman–Crippen MR) is 94.4 cm³/mol. The summed E-state index contributed by atoms with van der Waals surface area (Å²) in [5.41, 5.74) is 3.28. The topological polar surface area (TPSA) is 71.1 Å². The van der Waals surface area contributed by atoms with Crippen molar-refractivity contribution in [2.45, 2.75) is 25.7 Å². The fourth-order valence-corrected chi connectivity index (χ4v) is 3.99. The molecule has 5 nitrogen and oxygen atoms in total. The van der Waals surface area contributed by atoms with Gasteiger partial charge in [0.2, 0.25) is 0 Å². The van der Waals surface area contributed by atoms with Crippen LogP contribution in [0.4, 0.5) is 11.5 Å². The number of rotatable bonds is 6. The van der Waals surface area contributed by atoms with Gasteiger partial charge in [0.15, 0.2) is 0 Å². The molecule has 0 saturated heterocycles. The van der Waals surface area contributed by atoms with Crippen LogP contribution in [-0.4, -0.2) is 19.9 Å². The van der Waals surface area contributed by atoms with Gasteiger partial charge in [-0.1, -0.05) is 23.8 Å². The SMILES string of the molecule is C=CCNc1ccc(NS(=O)(=O)c2c(C)cc(C)cc2C)nc1. The fraction of sp³-hybridized carbons (Fsp3) is 0.235. The quantitative estimate of drug-likeness (QED) is 0.796. The van der Waals surface area contributed by atoms with E-state index in [0.717, 1.165) is 22.4 Å². The van der Waals surface area contributed by atoms with Gasteiger partial charge in [0.25, 0.3) is 10.0 Å². The Balaban J connectivity index is 2.26. The summed E-state index contributed by atoms with van der Waals surface area (Å²) in [7, 11) is -3.67. The summed E-state index contributed by atoms with van der Waals surface area (Å²) in [6.45, 7) is 9.78. The van der Waals surface area contributed by atoms with Crippen LogP contribution >= 0.6 is 0 Å². The molecular formula is C17H21N3O2S. The van der Waals surface area contributed by atoms with E-state index in [1.165, 1.54) is 0 Å². The van der Waals surface area contributed by atoms with E-state index in [9.17, 15) is 8.42 Å². The van der Waals surface area contributed by atoms with Gasteiger partial charge in [-0.3, -0.25) is 4.72 Å². The van der Waals surface area contributed by atoms with Gasteiger partial charge in [-0.05, 0) is 44.0 Å². The minimum Gasteiger partial charge on any atom is -0.380 e. The Hall–Kier alpha value is -2.34. The van der Waals surface area contributed by atoms with Gasteiger partial charge in [-0.25, -0.2) is 13.4 Å². The van der Waals surface area contributed by atoms with Crippen molar-refractivity contribution in [3.63, 3.8) is 0 Å². The molecule has 0 aliphatic rings. The van der Waals surface area contributed by atoms with Crippen molar-refractivity contribution >= 4 is 21.5 Å². The Labute approximate surface area is 137 Å². The highest BCUT2D eigenvalue weighted by Gasteiger charge is 2.20. The average molecular weight is 331 g/mol. The summed E-state index contributed by atoms with van der Waals surface area (Å²) in [4.78, 5) is 4.44. The molecule has 0 saturated carbocycles. The fourth-order valence-electron chi connectivity index (χ4n) is 2.53. The standard InChI is InChI=1S/C17H21N3O2S/c1-5-8-18-15-6-7-16(19-11-15)20-23(21,22)17-13(3)9-12(2)10-14(17)4/h5-7,9-11,18H,1,8H2,2-4H3,(H,19,20). The number of pyridine rings is 1. The van der Waals surface area contributed by atoms with Crippen molar-refractivity contribution in [1.29, 1.82) is 0 Å². The zero-order valence-electron chi connectivity index (χ0n) is 13.6. The lowest BCUT2D eigenvalue weighted by Gasteiger charge is -2.13. The van der Waals surface area contributed by atoms with Gasteiger partial charge < -0.3 is 5.32 Å². The molecular weight excluding hydrogens is 310 g/mol. The van der Waals surface area contributed by atoms with Gasteiger partial charge in [0.05, 0.1) is 16.8 Å². The number of aryl methyl sites for hydroxylation is 3. The highest BCUT2D eigenvalue weighted by atomic mass is 32.2. The lowest BCUT2D eigenvalue weighted by molar-refractivity contribution is 0.600. The Bertz CT molecular complexity index is 789. The van der Waals surface area contributed by atoms with Crippen LogP contribution in [0.1, 0.15) is 16.7 Å². The van der Waals surface area contributed by atoms with Crippen molar-refractivity contribution in [3.8, 4) is 0 Å². The number of nitrogens with zero attached hydrogens (tertiary/aromatic N) is 1. The molecule has 0 fully saturated rings. The Kier molecular flexibility index (Phi) is 5.05. The molecule has 2 aromatic rings. The van der Waals surface area contributed by atoms with Gasteiger partial charge in [0, 0.05) is 6.54 Å². The summed E-state index contributed by atoms with van der Waals surface area (Å²) in [5, 5.41) is 3.08. The van der Waals surface area contributed by atoms with E-state index in [1.807, 2.05) is 19.1 Å². The second-order valence-corrected chi connectivity index (χ2v) is 7.05. The predicted octanol–water partition coefficient (Wildman–Crippen LogP) is 3.41. The molecule has 0 spiro atoms. The van der Waals surface area contributed by atoms with Crippen LogP contribution in [0.2, 0.25) is 0 Å². The third-order valence-corrected chi connectivity index (χ3v) is 4.99. The maximum atomic E-state index is 12.6. The first-order valence-electron chi connectivity index (χ1n) is 7.25. The van der Waals surface area contributed by atoms with Gasteiger partial charge in [0.1, 0.15) is 5.82 Å². The molecule has 1 aromatic heterocycles. The summed E-state index contributed by atoms with van der Waals surface area (Å²) >= 11 is 0. The average Bonchev–Trinajstić information content (AvgIpc) is 2.44. The largest absolute Gasteiger partial charge is 0.380 e. The molecule has 0 aliphatic heterocycles. The molecule has 0 unspecified atom stereocenters. The highest BCUT2D eigenvalue weighted by Crippen LogP contribution is 2.24. The summed E-state index contributed by atoms with van der Waals surface area (Å²) in [5.74, 6) is 0.286. The van der Waals surface area contributed by atoms with E-state index in [0.29, 0.717) is 11.4 Å². The number of anilines is 2. The van der Waals surface area contributed by atoms with E-state index in [1.54, 1.807) is 38.3 Å². The summed E-state index contributed by atoms with van der Waals surface area (Å²) in [6.07, 6.45) is 3.32. The Morgan fingerprint density at radius 3 is 2.35 bits per heavy atom. The van der Waals surface area contributed by atoms with E-state index >= 15 is 0 Å². The second-order valence-electron chi connectivity index (χ2n) is 5.44. The minimum atomic E-state index is -3.67. The normalized spacial score (nSPS) is 11.1. The van der Waals surface area contributed by atoms with Crippen LogP contribution < -0.4 is 10.0 Å². The van der Waals surface area contributed by atoms with Crippen LogP contribution in [0.5, 0.6) is 0 Å². The van der Waals surface area contributed by atoms with Crippen molar-refractivity contribution in [2.75, 3.05) is 16.6 Å². The molecule has 0 amide bonds.